The second-order valence-electron chi connectivity index (χ2n) is 10.5. The van der Waals surface area contributed by atoms with Crippen molar-refractivity contribution in [2.75, 3.05) is 31.5 Å². The van der Waals surface area contributed by atoms with Gasteiger partial charge in [-0.3, -0.25) is 19.4 Å². The van der Waals surface area contributed by atoms with E-state index >= 15 is 0 Å². The van der Waals surface area contributed by atoms with Gasteiger partial charge in [0, 0.05) is 61.3 Å². The molecule has 2 fully saturated rings. The quantitative estimate of drug-likeness (QED) is 0.535. The fourth-order valence-corrected chi connectivity index (χ4v) is 5.89. The SMILES string of the molecule is CC#CC(=O)N1CC(N2CCC(c3cc4c(c(C)n3)O[C@H](C)c3c(-c5cnn(C)c5)ccnc3N4)CC2)C1. The van der Waals surface area contributed by atoms with Crippen molar-refractivity contribution >= 4 is 17.4 Å². The average Bonchev–Trinajstić information content (AvgIpc) is 3.25. The molecule has 0 aromatic carbocycles. The highest BCUT2D eigenvalue weighted by molar-refractivity contribution is 5.94. The van der Waals surface area contributed by atoms with Gasteiger partial charge in [-0.1, -0.05) is 5.92 Å². The van der Waals surface area contributed by atoms with Crippen LogP contribution in [0.5, 0.6) is 5.75 Å². The Hall–Kier alpha value is -3.90. The van der Waals surface area contributed by atoms with Crippen LogP contribution in [0.15, 0.2) is 30.7 Å². The van der Waals surface area contributed by atoms with Gasteiger partial charge in [-0.15, -0.1) is 0 Å². The number of nitrogens with zero attached hydrogens (tertiary/aromatic N) is 6. The van der Waals surface area contributed by atoms with Crippen LogP contribution in [0.3, 0.4) is 0 Å². The summed E-state index contributed by atoms with van der Waals surface area (Å²) in [6.45, 7) is 9.36. The van der Waals surface area contributed by atoms with Crippen LogP contribution in [-0.4, -0.2) is 67.7 Å². The summed E-state index contributed by atoms with van der Waals surface area (Å²) in [5, 5.41) is 7.93. The number of amides is 1. The number of pyridine rings is 2. The molecule has 38 heavy (non-hydrogen) atoms. The molecule has 0 radical (unpaired) electrons. The number of hydrogen-bond donors (Lipinski definition) is 1. The topological polar surface area (TPSA) is 88.4 Å². The lowest BCUT2D eigenvalue weighted by molar-refractivity contribution is -0.132. The van der Waals surface area contributed by atoms with Crippen LogP contribution in [0, 0.1) is 18.8 Å². The number of carbonyl (C=O) groups is 1. The smallest absolute Gasteiger partial charge is 0.298 e. The molecule has 0 aliphatic carbocycles. The minimum absolute atomic E-state index is 0.0593. The van der Waals surface area contributed by atoms with Gasteiger partial charge in [-0.2, -0.15) is 5.10 Å². The predicted molar refractivity (Wildman–Crippen MR) is 145 cm³/mol. The zero-order valence-corrected chi connectivity index (χ0v) is 22.4. The lowest BCUT2D eigenvalue weighted by atomic mass is 9.90. The molecule has 0 bridgehead atoms. The van der Waals surface area contributed by atoms with Crippen LogP contribution in [0.25, 0.3) is 11.1 Å². The Morgan fingerprint density at radius 1 is 1.24 bits per heavy atom. The van der Waals surface area contributed by atoms with Gasteiger partial charge in [0.25, 0.3) is 5.91 Å². The van der Waals surface area contributed by atoms with E-state index in [0.29, 0.717) is 12.0 Å². The maximum Gasteiger partial charge on any atom is 0.298 e. The molecule has 1 N–H and O–H groups in total. The van der Waals surface area contributed by atoms with Crippen molar-refractivity contribution in [1.29, 1.82) is 0 Å². The number of piperidine rings is 1. The molecule has 9 heteroatoms. The molecule has 0 spiro atoms. The summed E-state index contributed by atoms with van der Waals surface area (Å²) in [5.74, 6) is 7.25. The largest absolute Gasteiger partial charge is 0.482 e. The van der Waals surface area contributed by atoms with Gasteiger partial charge < -0.3 is 15.0 Å². The average molecular weight is 512 g/mol. The normalized spacial score (nSPS) is 19.7. The van der Waals surface area contributed by atoms with Gasteiger partial charge >= 0.3 is 0 Å². The van der Waals surface area contributed by atoms with Crippen LogP contribution in [0.1, 0.15) is 55.7 Å². The number of aromatic nitrogens is 4. The lowest BCUT2D eigenvalue weighted by Crippen LogP contribution is -2.61. The zero-order chi connectivity index (χ0) is 26.4. The van der Waals surface area contributed by atoms with Gasteiger partial charge in [0.15, 0.2) is 5.75 Å². The lowest BCUT2D eigenvalue weighted by Gasteiger charge is -2.47. The van der Waals surface area contributed by atoms with Crippen molar-refractivity contribution in [2.24, 2.45) is 7.05 Å². The predicted octanol–water partition coefficient (Wildman–Crippen LogP) is 3.80. The Bertz CT molecular complexity index is 1440. The first-order valence-electron chi connectivity index (χ1n) is 13.3. The first kappa shape index (κ1) is 24.4. The third-order valence-corrected chi connectivity index (χ3v) is 7.97. The molecule has 3 aromatic rings. The van der Waals surface area contributed by atoms with Crippen molar-refractivity contribution < 1.29 is 9.53 Å². The number of fused-ring (bicyclic) bond motifs is 2. The number of rotatable bonds is 3. The molecule has 3 aliphatic rings. The van der Waals surface area contributed by atoms with Crippen LogP contribution in [0.2, 0.25) is 0 Å². The Balaban J connectivity index is 1.19. The van der Waals surface area contributed by atoms with Crippen LogP contribution < -0.4 is 10.1 Å². The molecular formula is C29H33N7O2. The molecular weight excluding hydrogens is 478 g/mol. The van der Waals surface area contributed by atoms with E-state index in [1.807, 2.05) is 43.5 Å². The zero-order valence-electron chi connectivity index (χ0n) is 22.4. The van der Waals surface area contributed by atoms with Crippen molar-refractivity contribution in [3.63, 3.8) is 0 Å². The molecule has 0 saturated carbocycles. The first-order valence-corrected chi connectivity index (χ1v) is 13.3. The number of ether oxygens (including phenoxy) is 1. The molecule has 3 aromatic heterocycles. The van der Waals surface area contributed by atoms with Gasteiger partial charge in [0.2, 0.25) is 0 Å². The summed E-state index contributed by atoms with van der Waals surface area (Å²) in [4.78, 5) is 26.0. The molecule has 6 heterocycles. The van der Waals surface area contributed by atoms with E-state index in [1.165, 1.54) is 0 Å². The van der Waals surface area contributed by atoms with E-state index in [9.17, 15) is 4.79 Å². The molecule has 1 amide bonds. The summed E-state index contributed by atoms with van der Waals surface area (Å²) in [6.07, 6.45) is 7.60. The van der Waals surface area contributed by atoms with E-state index in [1.54, 1.807) is 11.6 Å². The molecule has 9 nitrogen and oxygen atoms in total. The number of hydrogen-bond acceptors (Lipinski definition) is 7. The molecule has 0 unspecified atom stereocenters. The number of nitrogens with one attached hydrogen (secondary N) is 1. The monoisotopic (exact) mass is 511 g/mol. The summed E-state index contributed by atoms with van der Waals surface area (Å²) in [5.41, 5.74) is 6.02. The molecule has 6 rings (SSSR count). The maximum absolute atomic E-state index is 12.0. The molecule has 196 valence electrons. The Morgan fingerprint density at radius 3 is 2.74 bits per heavy atom. The fraction of sp³-hybridized carbons (Fsp3) is 0.448. The highest BCUT2D eigenvalue weighted by Gasteiger charge is 2.36. The highest BCUT2D eigenvalue weighted by atomic mass is 16.5. The standard InChI is InChI=1S/C29H33N7O2/c1-5-6-26(37)36-16-22(17-36)35-11-8-20(9-12-35)24-13-25-28(18(2)32-24)38-19(3)27-23(7-10-30-29(27)33-25)21-14-31-34(4)15-21/h7,10,13-15,19-20,22H,8-9,11-12,16-17H2,1-4H3,(H,30,33)/t19-/m1/s1. The van der Waals surface area contributed by atoms with Gasteiger partial charge in [-0.25, -0.2) is 4.98 Å². The second-order valence-corrected chi connectivity index (χ2v) is 10.5. The fourth-order valence-electron chi connectivity index (χ4n) is 5.89. The first-order chi connectivity index (χ1) is 18.4. The van der Waals surface area contributed by atoms with E-state index in [4.69, 9.17) is 9.72 Å². The van der Waals surface area contributed by atoms with Crippen molar-refractivity contribution in [1.82, 2.24) is 29.5 Å². The van der Waals surface area contributed by atoms with Gasteiger partial charge in [-0.05, 0) is 70.3 Å². The molecule has 3 aliphatic heterocycles. The summed E-state index contributed by atoms with van der Waals surface area (Å²) in [7, 11) is 1.92. The highest BCUT2D eigenvalue weighted by Crippen LogP contribution is 2.44. The van der Waals surface area contributed by atoms with E-state index < -0.39 is 0 Å². The van der Waals surface area contributed by atoms with Crippen molar-refractivity contribution in [3.8, 4) is 28.7 Å². The minimum Gasteiger partial charge on any atom is -0.482 e. The Kier molecular flexibility index (Phi) is 6.28. The second kappa shape index (κ2) is 9.76. The van der Waals surface area contributed by atoms with Gasteiger partial charge in [0.05, 0.1) is 17.6 Å². The third kappa shape index (κ3) is 4.39. The van der Waals surface area contributed by atoms with Crippen molar-refractivity contribution in [3.05, 3.63) is 47.7 Å². The molecule has 2 saturated heterocycles. The molecule has 1 atom stereocenters. The number of carbonyl (C=O) groups excluding carboxylic acids is 1. The summed E-state index contributed by atoms with van der Waals surface area (Å²) < 4.78 is 8.31. The van der Waals surface area contributed by atoms with E-state index in [0.717, 1.165) is 84.4 Å². The van der Waals surface area contributed by atoms with Crippen molar-refractivity contribution in [2.45, 2.75) is 51.7 Å². The summed E-state index contributed by atoms with van der Waals surface area (Å²) in [6, 6.07) is 4.61. The van der Waals surface area contributed by atoms with Crippen LogP contribution in [0.4, 0.5) is 11.5 Å². The minimum atomic E-state index is -0.200. The Morgan fingerprint density at radius 2 is 2.03 bits per heavy atom. The maximum atomic E-state index is 12.0. The van der Waals surface area contributed by atoms with Gasteiger partial charge in [0.1, 0.15) is 11.9 Å². The van der Waals surface area contributed by atoms with E-state index in [2.05, 4.69) is 45.1 Å². The number of likely N-dealkylation sites (tertiary alicyclic amines) is 2. The number of aryl methyl sites for hydroxylation is 2. The van der Waals surface area contributed by atoms with Crippen LogP contribution in [-0.2, 0) is 11.8 Å². The van der Waals surface area contributed by atoms with Crippen LogP contribution >= 0.6 is 0 Å². The third-order valence-electron chi connectivity index (χ3n) is 7.97. The number of anilines is 2. The Labute approximate surface area is 223 Å². The van der Waals surface area contributed by atoms with E-state index in [-0.39, 0.29) is 12.0 Å². The summed E-state index contributed by atoms with van der Waals surface area (Å²) >= 11 is 0.